The van der Waals surface area contributed by atoms with E-state index in [1.807, 2.05) is 48.5 Å². The van der Waals surface area contributed by atoms with E-state index < -0.39 is 7.15 Å². The van der Waals surface area contributed by atoms with Crippen LogP contribution in [0, 0.1) is 0 Å². The standard InChI is InChI=1S/C13H9Cl2NO.C12H7ClN2O.CH3F.CH2O3.2Na.H/c14-12-7-6-10(13(15)16-12)8-11(17)9-4-2-1-3-5-9;13-10-7-6-9-12(15-10)16-11(14-9)8-4-2-1-3-5-8;1-2;2-1-4-3;;;/h1-7H,8H2;1-7H;1H3;1,3H;;;/q;;;;2*+1;-1/p-1/i;;1D;;;;. The van der Waals surface area contributed by atoms with Crippen LogP contribution < -0.4 is 64.4 Å². The molecule has 0 bridgehead atoms. The smallest absolute Gasteiger partial charge is 1.00 e. The number of oxazole rings is 1. The third-order valence-corrected chi connectivity index (χ3v) is 5.37. The largest absolute Gasteiger partial charge is 1.00 e. The minimum absolute atomic E-state index is 0. The summed E-state index contributed by atoms with van der Waals surface area (Å²) in [6.45, 7) is -0.181. The van der Waals surface area contributed by atoms with E-state index >= 15 is 0 Å². The Morgan fingerprint density at radius 2 is 1.49 bits per heavy atom. The van der Waals surface area contributed by atoms with E-state index in [9.17, 15) is 9.18 Å². The first-order valence-electron chi connectivity index (χ1n) is 11.5. The van der Waals surface area contributed by atoms with Gasteiger partial charge < -0.3 is 16.0 Å². The number of hydrogen-bond donors (Lipinski definition) is 0. The van der Waals surface area contributed by atoms with Crippen LogP contribution in [0.15, 0.2) is 89.3 Å². The number of carbonyl (C=O) groups is 2. The summed E-state index contributed by atoms with van der Waals surface area (Å²) in [5.74, 6) is 0.571. The third kappa shape index (κ3) is 13.3. The zero-order valence-corrected chi connectivity index (χ0v) is 28.2. The molecule has 0 saturated carbocycles. The second-order valence-corrected chi connectivity index (χ2v) is 8.22. The summed E-state index contributed by atoms with van der Waals surface area (Å²) < 4.78 is 21.0. The summed E-state index contributed by atoms with van der Waals surface area (Å²) in [4.78, 5) is 35.5. The Morgan fingerprint density at radius 3 is 2.05 bits per heavy atom. The van der Waals surface area contributed by atoms with Crippen molar-refractivity contribution in [2.45, 2.75) is 6.42 Å². The van der Waals surface area contributed by atoms with Gasteiger partial charge in [0, 0.05) is 17.5 Å². The van der Waals surface area contributed by atoms with Gasteiger partial charge in [0.1, 0.15) is 21.0 Å². The van der Waals surface area contributed by atoms with Crippen molar-refractivity contribution in [2.75, 3.05) is 7.15 Å². The Bertz CT molecular complexity index is 1510. The van der Waals surface area contributed by atoms with Gasteiger partial charge in [-0.2, -0.15) is 4.98 Å². The first-order chi connectivity index (χ1) is 19.3. The molecule has 14 heteroatoms. The maximum Gasteiger partial charge on any atom is 1.00 e. The quantitative estimate of drug-likeness (QED) is 0.0682. The van der Waals surface area contributed by atoms with Crippen molar-refractivity contribution < 1.29 is 90.5 Å². The first kappa shape index (κ1) is 37.1. The van der Waals surface area contributed by atoms with Crippen molar-refractivity contribution in [1.82, 2.24) is 15.0 Å². The fourth-order valence-electron chi connectivity index (χ4n) is 2.97. The predicted octanol–water partition coefficient (Wildman–Crippen LogP) is 0.498. The molecule has 0 unspecified atom stereocenters. The molecule has 204 valence electrons. The van der Waals surface area contributed by atoms with E-state index in [2.05, 4.69) is 19.8 Å². The SMILES string of the molecule is Clc1ccc2nc(-c3ccccc3)oc2n1.O=C(Cc1ccc(Cl)nc1Cl)c1ccccc1.O=CO[O-].[2H]CF.[H-].[Na+].[Na+]. The molecule has 3 heterocycles. The molecule has 5 rings (SSSR count). The Balaban J connectivity index is 0. The Morgan fingerprint density at radius 1 is 0.951 bits per heavy atom. The molecular formula is C27H21Cl3FN3Na2O5. The van der Waals surface area contributed by atoms with Crippen molar-refractivity contribution in [1.29, 1.82) is 0 Å². The maximum atomic E-state index is 11.9. The molecule has 0 aliphatic rings. The number of benzene rings is 2. The second kappa shape index (κ2) is 21.8. The average Bonchev–Trinajstić information content (AvgIpc) is 3.40. The van der Waals surface area contributed by atoms with Gasteiger partial charge in [-0.05, 0) is 35.9 Å². The summed E-state index contributed by atoms with van der Waals surface area (Å²) >= 11 is 17.4. The number of carbonyl (C=O) groups excluding carboxylic acids is 2. The van der Waals surface area contributed by atoms with Gasteiger partial charge in [0.15, 0.2) is 5.78 Å². The van der Waals surface area contributed by atoms with Gasteiger partial charge in [-0.1, -0.05) is 89.4 Å². The molecule has 3 aromatic heterocycles. The molecule has 0 atom stereocenters. The van der Waals surface area contributed by atoms with E-state index in [-0.39, 0.29) is 84.4 Å². The molecule has 0 fully saturated rings. The molecule has 41 heavy (non-hydrogen) atoms. The van der Waals surface area contributed by atoms with Crippen molar-refractivity contribution in [3.63, 3.8) is 0 Å². The fraction of sp³-hybridized carbons (Fsp3) is 0.0741. The molecule has 8 nitrogen and oxygen atoms in total. The number of halogens is 4. The van der Waals surface area contributed by atoms with Gasteiger partial charge in [0.25, 0.3) is 6.47 Å². The Hall–Kier alpha value is -1.89. The van der Waals surface area contributed by atoms with E-state index in [1.54, 1.807) is 36.4 Å². The van der Waals surface area contributed by atoms with Gasteiger partial charge in [0.05, 0.1) is 8.52 Å². The summed E-state index contributed by atoms with van der Waals surface area (Å²) in [7, 11) is -1.00. The minimum atomic E-state index is -1.00. The summed E-state index contributed by atoms with van der Waals surface area (Å²) in [5.41, 5.74) is 3.45. The van der Waals surface area contributed by atoms with Crippen molar-refractivity contribution in [2.24, 2.45) is 0 Å². The zero-order valence-electron chi connectivity index (χ0n) is 24.0. The Labute approximate surface area is 297 Å². The topological polar surface area (TPSA) is 118 Å². The summed E-state index contributed by atoms with van der Waals surface area (Å²) in [6, 6.07) is 25.6. The Kier molecular flexibility index (Phi) is 19.7. The molecule has 0 amide bonds. The van der Waals surface area contributed by atoms with E-state index in [0.29, 0.717) is 38.6 Å². The molecule has 2 aromatic carbocycles. The van der Waals surface area contributed by atoms with Gasteiger partial charge in [-0.25, -0.2) is 9.97 Å². The zero-order chi connectivity index (χ0) is 29.3. The number of nitrogens with zero attached hydrogens (tertiary/aromatic N) is 3. The fourth-order valence-corrected chi connectivity index (χ4v) is 3.52. The van der Waals surface area contributed by atoms with Crippen molar-refractivity contribution >= 4 is 58.3 Å². The first-order valence-corrected chi connectivity index (χ1v) is 11.9. The van der Waals surface area contributed by atoms with Crippen LogP contribution in [0.3, 0.4) is 0 Å². The van der Waals surface area contributed by atoms with Gasteiger partial charge in [-0.15, -0.1) is 0 Å². The van der Waals surface area contributed by atoms with Crippen molar-refractivity contribution in [3.05, 3.63) is 112 Å². The number of aromatic nitrogens is 3. The van der Waals surface area contributed by atoms with Crippen LogP contribution in [0.2, 0.25) is 15.5 Å². The third-order valence-electron chi connectivity index (χ3n) is 4.62. The van der Waals surface area contributed by atoms with E-state index in [4.69, 9.17) is 50.6 Å². The minimum Gasteiger partial charge on any atom is -1.00 e. The van der Waals surface area contributed by atoms with Crippen LogP contribution in [0.1, 0.15) is 18.7 Å². The number of pyridine rings is 2. The maximum absolute atomic E-state index is 11.9. The molecule has 0 aliphatic carbocycles. The normalized spacial score (nSPS) is 9.44. The number of ketones is 1. The van der Waals surface area contributed by atoms with Gasteiger partial charge in [0.2, 0.25) is 11.6 Å². The molecule has 5 aromatic rings. The van der Waals surface area contributed by atoms with E-state index in [1.165, 1.54) is 0 Å². The molecule has 0 aliphatic heterocycles. The van der Waals surface area contributed by atoms with Crippen LogP contribution in [0.4, 0.5) is 4.39 Å². The van der Waals surface area contributed by atoms with E-state index in [0.717, 1.165) is 5.56 Å². The molecule has 0 spiro atoms. The number of rotatable bonds is 5. The number of alkyl halides is 1. The molecule has 0 radical (unpaired) electrons. The molecule has 0 saturated heterocycles. The van der Waals surface area contributed by atoms with Crippen LogP contribution in [0.25, 0.3) is 22.7 Å². The average molecular weight is 640 g/mol. The molecular weight excluding hydrogens is 618 g/mol. The van der Waals surface area contributed by atoms with Crippen LogP contribution in [0.5, 0.6) is 0 Å². The summed E-state index contributed by atoms with van der Waals surface area (Å²) in [5, 5.41) is 9.44. The number of hydrogen-bond acceptors (Lipinski definition) is 8. The monoisotopic (exact) mass is 638 g/mol. The second-order valence-electron chi connectivity index (χ2n) is 7.09. The van der Waals surface area contributed by atoms with Gasteiger partial charge in [-0.3, -0.25) is 14.0 Å². The van der Waals surface area contributed by atoms with Crippen LogP contribution in [-0.4, -0.2) is 34.4 Å². The van der Waals surface area contributed by atoms with Crippen LogP contribution in [-0.2, 0) is 16.1 Å². The summed E-state index contributed by atoms with van der Waals surface area (Å²) in [6.07, 6.45) is 0.229. The van der Waals surface area contributed by atoms with Crippen molar-refractivity contribution in [3.8, 4) is 11.5 Å². The predicted molar refractivity (Wildman–Crippen MR) is 146 cm³/mol. The number of fused-ring (bicyclic) bond motifs is 1. The van der Waals surface area contributed by atoms with Crippen LogP contribution >= 0.6 is 34.8 Å². The van der Waals surface area contributed by atoms with Gasteiger partial charge >= 0.3 is 59.1 Å². The molecule has 0 N–H and O–H groups in total. The number of Topliss-reactive ketones (excluding diaryl/α,β-unsaturated/α-hetero) is 1.